The SMILES string of the molecule is CCNC(c1cn(C)nc1C)C(CC)CC. The molecule has 1 N–H and O–H groups in total. The van der Waals surface area contributed by atoms with Gasteiger partial charge in [0, 0.05) is 24.8 Å². The molecule has 16 heavy (non-hydrogen) atoms. The summed E-state index contributed by atoms with van der Waals surface area (Å²) in [6, 6.07) is 0.453. The molecule has 0 saturated heterocycles. The van der Waals surface area contributed by atoms with Crippen LogP contribution in [0.2, 0.25) is 0 Å². The van der Waals surface area contributed by atoms with Gasteiger partial charge in [0.25, 0.3) is 0 Å². The zero-order chi connectivity index (χ0) is 12.1. The van der Waals surface area contributed by atoms with Gasteiger partial charge < -0.3 is 5.32 Å². The molecule has 0 bridgehead atoms. The zero-order valence-electron chi connectivity index (χ0n) is 11.2. The third-order valence-corrected chi connectivity index (χ3v) is 3.33. The topological polar surface area (TPSA) is 29.9 Å². The van der Waals surface area contributed by atoms with Crippen LogP contribution in [0, 0.1) is 12.8 Å². The summed E-state index contributed by atoms with van der Waals surface area (Å²) in [6.07, 6.45) is 4.58. The van der Waals surface area contributed by atoms with E-state index in [-0.39, 0.29) is 0 Å². The van der Waals surface area contributed by atoms with E-state index in [1.165, 1.54) is 18.4 Å². The first-order valence-electron chi connectivity index (χ1n) is 6.37. The Hall–Kier alpha value is -0.830. The van der Waals surface area contributed by atoms with Crippen molar-refractivity contribution in [1.82, 2.24) is 15.1 Å². The molecule has 0 aromatic carbocycles. The minimum absolute atomic E-state index is 0.453. The first-order valence-corrected chi connectivity index (χ1v) is 6.37. The molecule has 1 aromatic heterocycles. The van der Waals surface area contributed by atoms with E-state index >= 15 is 0 Å². The minimum atomic E-state index is 0.453. The van der Waals surface area contributed by atoms with Crippen LogP contribution in [0.3, 0.4) is 0 Å². The number of hydrogen-bond acceptors (Lipinski definition) is 2. The maximum absolute atomic E-state index is 4.44. The van der Waals surface area contributed by atoms with Gasteiger partial charge in [-0.05, 0) is 19.4 Å². The average Bonchev–Trinajstić information content (AvgIpc) is 2.58. The van der Waals surface area contributed by atoms with Crippen LogP contribution >= 0.6 is 0 Å². The number of aromatic nitrogens is 2. The monoisotopic (exact) mass is 223 g/mol. The lowest BCUT2D eigenvalue weighted by atomic mass is 9.89. The normalized spacial score (nSPS) is 13.4. The second-order valence-corrected chi connectivity index (χ2v) is 4.46. The van der Waals surface area contributed by atoms with Gasteiger partial charge in [-0.1, -0.05) is 33.6 Å². The van der Waals surface area contributed by atoms with Gasteiger partial charge in [-0.25, -0.2) is 0 Å². The predicted octanol–water partition coefficient (Wildman–Crippen LogP) is 2.82. The van der Waals surface area contributed by atoms with Gasteiger partial charge in [-0.15, -0.1) is 0 Å². The number of nitrogens with one attached hydrogen (secondary N) is 1. The van der Waals surface area contributed by atoms with E-state index in [0.29, 0.717) is 12.0 Å². The van der Waals surface area contributed by atoms with Crippen molar-refractivity contribution in [1.29, 1.82) is 0 Å². The maximum atomic E-state index is 4.44. The third kappa shape index (κ3) is 2.85. The summed E-state index contributed by atoms with van der Waals surface area (Å²) < 4.78 is 1.91. The largest absolute Gasteiger partial charge is 0.310 e. The van der Waals surface area contributed by atoms with E-state index < -0.39 is 0 Å². The van der Waals surface area contributed by atoms with Gasteiger partial charge in [0.1, 0.15) is 0 Å². The standard InChI is InChI=1S/C13H25N3/c1-6-11(7-2)13(14-8-3)12-9-16(5)15-10(12)4/h9,11,13-14H,6-8H2,1-5H3. The molecule has 0 spiro atoms. The van der Waals surface area contributed by atoms with Crippen LogP contribution in [0.5, 0.6) is 0 Å². The van der Waals surface area contributed by atoms with Crippen molar-refractivity contribution in [2.75, 3.05) is 6.54 Å². The first-order chi connectivity index (χ1) is 7.63. The van der Waals surface area contributed by atoms with Gasteiger partial charge in [-0.2, -0.15) is 5.10 Å². The molecule has 0 saturated carbocycles. The Kier molecular flexibility index (Phi) is 5.00. The van der Waals surface area contributed by atoms with Crippen LogP contribution < -0.4 is 5.32 Å². The highest BCUT2D eigenvalue weighted by molar-refractivity contribution is 5.21. The lowest BCUT2D eigenvalue weighted by molar-refractivity contribution is 0.345. The van der Waals surface area contributed by atoms with Crippen LogP contribution in [0.15, 0.2) is 6.20 Å². The molecule has 1 rings (SSSR count). The highest BCUT2D eigenvalue weighted by Gasteiger charge is 2.22. The lowest BCUT2D eigenvalue weighted by Gasteiger charge is -2.25. The van der Waals surface area contributed by atoms with E-state index in [4.69, 9.17) is 0 Å². The van der Waals surface area contributed by atoms with Crippen molar-refractivity contribution in [2.45, 2.75) is 46.6 Å². The van der Waals surface area contributed by atoms with Crippen molar-refractivity contribution >= 4 is 0 Å². The predicted molar refractivity (Wildman–Crippen MR) is 68.4 cm³/mol. The number of aryl methyl sites for hydroxylation is 2. The lowest BCUT2D eigenvalue weighted by Crippen LogP contribution is -2.28. The molecule has 3 heteroatoms. The average molecular weight is 223 g/mol. The number of nitrogens with zero attached hydrogens (tertiary/aromatic N) is 2. The van der Waals surface area contributed by atoms with Gasteiger partial charge in [0.2, 0.25) is 0 Å². The molecule has 92 valence electrons. The first kappa shape index (κ1) is 13.2. The van der Waals surface area contributed by atoms with Gasteiger partial charge in [0.05, 0.1) is 5.69 Å². The molecule has 1 aromatic rings. The smallest absolute Gasteiger partial charge is 0.0641 e. The highest BCUT2D eigenvalue weighted by Crippen LogP contribution is 2.28. The Morgan fingerprint density at radius 2 is 1.94 bits per heavy atom. The van der Waals surface area contributed by atoms with Crippen molar-refractivity contribution in [3.63, 3.8) is 0 Å². The summed E-state index contributed by atoms with van der Waals surface area (Å²) in [5.41, 5.74) is 2.51. The van der Waals surface area contributed by atoms with Crippen LogP contribution in [-0.2, 0) is 7.05 Å². The fourth-order valence-electron chi connectivity index (χ4n) is 2.43. The van der Waals surface area contributed by atoms with Crippen molar-refractivity contribution < 1.29 is 0 Å². The van der Waals surface area contributed by atoms with Crippen LogP contribution in [0.25, 0.3) is 0 Å². The quantitative estimate of drug-likeness (QED) is 0.803. The number of hydrogen-bond donors (Lipinski definition) is 1. The Bertz CT molecular complexity index is 313. The molecule has 0 aliphatic heterocycles. The second-order valence-electron chi connectivity index (χ2n) is 4.46. The summed E-state index contributed by atoms with van der Waals surface area (Å²) in [5, 5.41) is 8.04. The molecular weight excluding hydrogens is 198 g/mol. The molecule has 0 aliphatic rings. The Morgan fingerprint density at radius 1 is 1.31 bits per heavy atom. The Balaban J connectivity index is 2.96. The summed E-state index contributed by atoms with van der Waals surface area (Å²) in [7, 11) is 1.99. The van der Waals surface area contributed by atoms with Gasteiger partial charge in [-0.3, -0.25) is 4.68 Å². The Labute approximate surface area is 99.2 Å². The molecule has 3 nitrogen and oxygen atoms in total. The van der Waals surface area contributed by atoms with Crippen LogP contribution in [-0.4, -0.2) is 16.3 Å². The van der Waals surface area contributed by atoms with Gasteiger partial charge in [0.15, 0.2) is 0 Å². The van der Waals surface area contributed by atoms with E-state index in [1.807, 2.05) is 11.7 Å². The molecule has 1 heterocycles. The summed E-state index contributed by atoms with van der Waals surface area (Å²) in [5.74, 6) is 0.697. The van der Waals surface area contributed by atoms with Crippen molar-refractivity contribution in [3.8, 4) is 0 Å². The van der Waals surface area contributed by atoms with E-state index in [2.05, 4.69) is 44.3 Å². The fraction of sp³-hybridized carbons (Fsp3) is 0.769. The molecule has 0 fully saturated rings. The van der Waals surface area contributed by atoms with E-state index in [9.17, 15) is 0 Å². The highest BCUT2D eigenvalue weighted by atomic mass is 15.3. The minimum Gasteiger partial charge on any atom is -0.310 e. The molecule has 0 aliphatic carbocycles. The molecular formula is C13H25N3. The molecule has 0 amide bonds. The third-order valence-electron chi connectivity index (χ3n) is 3.33. The van der Waals surface area contributed by atoms with Gasteiger partial charge >= 0.3 is 0 Å². The molecule has 1 unspecified atom stereocenters. The summed E-state index contributed by atoms with van der Waals surface area (Å²) >= 11 is 0. The van der Waals surface area contributed by atoms with Crippen LogP contribution in [0.1, 0.15) is 50.9 Å². The summed E-state index contributed by atoms with van der Waals surface area (Å²) in [4.78, 5) is 0. The molecule has 0 radical (unpaired) electrons. The van der Waals surface area contributed by atoms with E-state index in [1.54, 1.807) is 0 Å². The molecule has 1 atom stereocenters. The zero-order valence-corrected chi connectivity index (χ0v) is 11.2. The summed E-state index contributed by atoms with van der Waals surface area (Å²) in [6.45, 7) is 9.81. The second kappa shape index (κ2) is 6.04. The maximum Gasteiger partial charge on any atom is 0.0641 e. The van der Waals surface area contributed by atoms with Crippen molar-refractivity contribution in [3.05, 3.63) is 17.5 Å². The Morgan fingerprint density at radius 3 is 2.31 bits per heavy atom. The number of rotatable bonds is 6. The van der Waals surface area contributed by atoms with Crippen LogP contribution in [0.4, 0.5) is 0 Å². The fourth-order valence-corrected chi connectivity index (χ4v) is 2.43. The van der Waals surface area contributed by atoms with E-state index in [0.717, 1.165) is 12.2 Å². The van der Waals surface area contributed by atoms with Crippen molar-refractivity contribution in [2.24, 2.45) is 13.0 Å².